The number of nitrogens with one attached hydrogen (secondary N) is 2. The Morgan fingerprint density at radius 1 is 1.35 bits per heavy atom. The average molecular weight is 380 g/mol. The van der Waals surface area contributed by atoms with Gasteiger partial charge in [-0.2, -0.15) is 0 Å². The molecule has 0 bridgehead atoms. The van der Waals surface area contributed by atoms with Gasteiger partial charge in [-0.15, -0.1) is 11.3 Å². The normalized spacial score (nSPS) is 18.9. The summed E-state index contributed by atoms with van der Waals surface area (Å²) in [5.74, 6) is 1.81. The van der Waals surface area contributed by atoms with Gasteiger partial charge in [0.15, 0.2) is 5.96 Å². The molecule has 1 aliphatic rings. The predicted octanol–water partition coefficient (Wildman–Crippen LogP) is 3.32. The molecule has 0 saturated carbocycles. The van der Waals surface area contributed by atoms with Gasteiger partial charge in [-0.05, 0) is 58.0 Å². The van der Waals surface area contributed by atoms with Crippen LogP contribution in [0.1, 0.15) is 56.3 Å². The van der Waals surface area contributed by atoms with Crippen molar-refractivity contribution in [3.8, 4) is 0 Å². The Balaban J connectivity index is 1.62. The Labute approximate surface area is 163 Å². The highest BCUT2D eigenvalue weighted by Gasteiger charge is 2.15. The molecular weight excluding hydrogens is 342 g/mol. The second-order valence-corrected chi connectivity index (χ2v) is 8.47. The number of nitrogens with zero attached hydrogens (tertiary/aromatic N) is 3. The molecular formula is C20H37N5S. The number of hydrogen-bond donors (Lipinski definition) is 2. The van der Waals surface area contributed by atoms with E-state index in [4.69, 9.17) is 4.99 Å². The van der Waals surface area contributed by atoms with Crippen LogP contribution < -0.4 is 10.6 Å². The number of unbranched alkanes of at least 4 members (excludes halogenated alkanes) is 1. The highest BCUT2D eigenvalue weighted by atomic mass is 32.1. The summed E-state index contributed by atoms with van der Waals surface area (Å²) in [6.45, 7) is 13.1. The Morgan fingerprint density at radius 3 is 2.96 bits per heavy atom. The van der Waals surface area contributed by atoms with E-state index in [9.17, 15) is 0 Å². The van der Waals surface area contributed by atoms with Crippen LogP contribution in [-0.4, -0.2) is 55.1 Å². The summed E-state index contributed by atoms with van der Waals surface area (Å²) in [5.41, 5.74) is 0. The standard InChI is InChI=1S/C20H37N5S/c1-4-18-15-24-19(26-18)10-12-23-20(21-5-2)22-11-6-7-13-25-14-8-9-17(3)16-25/h15,17H,4-14,16H2,1-3H3,(H2,21,22,23). The zero-order valence-corrected chi connectivity index (χ0v) is 17.7. The summed E-state index contributed by atoms with van der Waals surface area (Å²) >= 11 is 1.82. The first-order chi connectivity index (χ1) is 12.7. The predicted molar refractivity (Wildman–Crippen MR) is 113 cm³/mol. The first-order valence-electron chi connectivity index (χ1n) is 10.4. The zero-order valence-electron chi connectivity index (χ0n) is 16.9. The monoisotopic (exact) mass is 379 g/mol. The Hall–Kier alpha value is -1.14. The summed E-state index contributed by atoms with van der Waals surface area (Å²) in [6.07, 6.45) is 9.21. The van der Waals surface area contributed by atoms with E-state index >= 15 is 0 Å². The van der Waals surface area contributed by atoms with Crippen LogP contribution in [0.2, 0.25) is 0 Å². The maximum atomic E-state index is 4.72. The van der Waals surface area contributed by atoms with Crippen molar-refractivity contribution in [2.24, 2.45) is 10.9 Å². The number of aromatic nitrogens is 1. The number of hydrogen-bond acceptors (Lipinski definition) is 4. The van der Waals surface area contributed by atoms with Gasteiger partial charge < -0.3 is 15.5 Å². The quantitative estimate of drug-likeness (QED) is 0.372. The number of rotatable bonds is 10. The van der Waals surface area contributed by atoms with Gasteiger partial charge in [0.2, 0.25) is 0 Å². The second kappa shape index (κ2) is 12.3. The lowest BCUT2D eigenvalue weighted by atomic mass is 10.0. The van der Waals surface area contributed by atoms with Crippen LogP contribution >= 0.6 is 11.3 Å². The van der Waals surface area contributed by atoms with Gasteiger partial charge in [-0.25, -0.2) is 4.98 Å². The molecule has 0 radical (unpaired) electrons. The number of aryl methyl sites for hydroxylation is 1. The molecule has 0 spiro atoms. The van der Waals surface area contributed by atoms with Gasteiger partial charge in [0.1, 0.15) is 0 Å². The Morgan fingerprint density at radius 2 is 2.23 bits per heavy atom. The van der Waals surface area contributed by atoms with Crippen molar-refractivity contribution in [1.29, 1.82) is 0 Å². The van der Waals surface area contributed by atoms with Gasteiger partial charge in [0.25, 0.3) is 0 Å². The third-order valence-electron chi connectivity index (χ3n) is 4.82. The molecule has 0 amide bonds. The number of likely N-dealkylation sites (tertiary alicyclic amines) is 1. The minimum atomic E-state index is 0.873. The van der Waals surface area contributed by atoms with E-state index in [0.29, 0.717) is 0 Å². The van der Waals surface area contributed by atoms with Gasteiger partial charge in [0, 0.05) is 43.7 Å². The van der Waals surface area contributed by atoms with E-state index in [2.05, 4.69) is 41.3 Å². The molecule has 1 aromatic heterocycles. The van der Waals surface area contributed by atoms with Crippen molar-refractivity contribution < 1.29 is 0 Å². The molecule has 148 valence electrons. The largest absolute Gasteiger partial charge is 0.357 e. The van der Waals surface area contributed by atoms with Gasteiger partial charge in [-0.3, -0.25) is 4.99 Å². The molecule has 1 fully saturated rings. The summed E-state index contributed by atoms with van der Waals surface area (Å²) in [5, 5.41) is 7.99. The zero-order chi connectivity index (χ0) is 18.6. The van der Waals surface area contributed by atoms with Crippen molar-refractivity contribution in [2.75, 3.05) is 39.3 Å². The van der Waals surface area contributed by atoms with Crippen molar-refractivity contribution in [3.05, 3.63) is 16.1 Å². The number of guanidine groups is 1. The van der Waals surface area contributed by atoms with Crippen LogP contribution in [0.5, 0.6) is 0 Å². The van der Waals surface area contributed by atoms with E-state index in [0.717, 1.165) is 50.8 Å². The Bertz CT molecular complexity index is 528. The molecule has 0 aromatic carbocycles. The third kappa shape index (κ3) is 8.04. The first kappa shape index (κ1) is 21.2. The summed E-state index contributed by atoms with van der Waals surface area (Å²) in [6, 6.07) is 0. The van der Waals surface area contributed by atoms with E-state index in [1.54, 1.807) is 0 Å². The molecule has 1 unspecified atom stereocenters. The SMILES string of the molecule is CCNC(=NCCCCN1CCCC(C)C1)NCCc1ncc(CC)s1. The van der Waals surface area contributed by atoms with Crippen LogP contribution in [0, 0.1) is 5.92 Å². The smallest absolute Gasteiger partial charge is 0.191 e. The molecule has 26 heavy (non-hydrogen) atoms. The van der Waals surface area contributed by atoms with Crippen LogP contribution in [0.15, 0.2) is 11.2 Å². The summed E-state index contributed by atoms with van der Waals surface area (Å²) in [7, 11) is 0. The third-order valence-corrected chi connectivity index (χ3v) is 6.02. The first-order valence-corrected chi connectivity index (χ1v) is 11.2. The molecule has 5 nitrogen and oxygen atoms in total. The van der Waals surface area contributed by atoms with Gasteiger partial charge >= 0.3 is 0 Å². The van der Waals surface area contributed by atoms with Gasteiger partial charge in [0.05, 0.1) is 5.01 Å². The fourth-order valence-electron chi connectivity index (χ4n) is 3.38. The molecule has 2 N–H and O–H groups in total. The van der Waals surface area contributed by atoms with Crippen LogP contribution in [0.25, 0.3) is 0 Å². The summed E-state index contributed by atoms with van der Waals surface area (Å²) in [4.78, 5) is 13.2. The molecule has 1 aromatic rings. The molecule has 6 heteroatoms. The van der Waals surface area contributed by atoms with Crippen molar-refractivity contribution in [2.45, 2.75) is 59.3 Å². The highest BCUT2D eigenvalue weighted by Crippen LogP contribution is 2.15. The lowest BCUT2D eigenvalue weighted by Crippen LogP contribution is -2.38. The van der Waals surface area contributed by atoms with E-state index in [1.165, 1.54) is 48.8 Å². The maximum Gasteiger partial charge on any atom is 0.191 e. The fraction of sp³-hybridized carbons (Fsp3) is 0.800. The lowest BCUT2D eigenvalue weighted by Gasteiger charge is -2.30. The second-order valence-electron chi connectivity index (χ2n) is 7.27. The Kier molecular flexibility index (Phi) is 10.00. The minimum absolute atomic E-state index is 0.873. The molecule has 0 aliphatic carbocycles. The minimum Gasteiger partial charge on any atom is -0.357 e. The number of aliphatic imine (C=N–C) groups is 1. The van der Waals surface area contributed by atoms with Crippen LogP contribution in [0.3, 0.4) is 0 Å². The topological polar surface area (TPSA) is 52.6 Å². The molecule has 2 rings (SSSR count). The van der Waals surface area contributed by atoms with Crippen molar-refractivity contribution in [3.63, 3.8) is 0 Å². The van der Waals surface area contributed by atoms with Gasteiger partial charge in [-0.1, -0.05) is 13.8 Å². The highest BCUT2D eigenvalue weighted by molar-refractivity contribution is 7.11. The molecule has 1 aliphatic heterocycles. The molecule has 1 saturated heterocycles. The van der Waals surface area contributed by atoms with Crippen molar-refractivity contribution >= 4 is 17.3 Å². The number of thiazole rings is 1. The fourth-order valence-corrected chi connectivity index (χ4v) is 4.25. The molecule has 1 atom stereocenters. The van der Waals surface area contributed by atoms with E-state index in [1.807, 2.05) is 17.5 Å². The number of piperidine rings is 1. The van der Waals surface area contributed by atoms with E-state index in [-0.39, 0.29) is 0 Å². The molecule has 2 heterocycles. The van der Waals surface area contributed by atoms with Crippen LogP contribution in [-0.2, 0) is 12.8 Å². The maximum absolute atomic E-state index is 4.72. The average Bonchev–Trinajstić information content (AvgIpc) is 3.09. The van der Waals surface area contributed by atoms with Crippen LogP contribution in [0.4, 0.5) is 0 Å². The van der Waals surface area contributed by atoms with Crippen molar-refractivity contribution in [1.82, 2.24) is 20.5 Å². The summed E-state index contributed by atoms with van der Waals surface area (Å²) < 4.78 is 0. The van der Waals surface area contributed by atoms with E-state index < -0.39 is 0 Å². The lowest BCUT2D eigenvalue weighted by molar-refractivity contribution is 0.181.